The van der Waals surface area contributed by atoms with Crippen LogP contribution in [0.5, 0.6) is 5.75 Å². The van der Waals surface area contributed by atoms with Gasteiger partial charge in [0.05, 0.1) is 13.2 Å². The van der Waals surface area contributed by atoms with Crippen molar-refractivity contribution in [3.05, 3.63) is 64.7 Å². The van der Waals surface area contributed by atoms with Crippen LogP contribution in [-0.2, 0) is 6.54 Å². The van der Waals surface area contributed by atoms with Crippen molar-refractivity contribution >= 4 is 17.6 Å². The highest BCUT2D eigenvalue weighted by Crippen LogP contribution is 2.19. The lowest BCUT2D eigenvalue weighted by Gasteiger charge is -2.18. The second kappa shape index (κ2) is 8.44. The first-order chi connectivity index (χ1) is 11.1. The van der Waals surface area contributed by atoms with Gasteiger partial charge in [-0.05, 0) is 41.8 Å². The van der Waals surface area contributed by atoms with Gasteiger partial charge in [-0.25, -0.2) is 4.79 Å². The van der Waals surface area contributed by atoms with Gasteiger partial charge < -0.3 is 15.4 Å². The Morgan fingerprint density at radius 1 is 1.13 bits per heavy atom. The van der Waals surface area contributed by atoms with E-state index in [9.17, 15) is 4.79 Å². The Bertz CT molecular complexity index is 626. The standard InChI is InChI=1S/C18H21ClN2O2/c1-3-17(14-6-8-15(19)9-7-14)21-18(22)20-12-13-4-10-16(23-2)11-5-13/h4-11,17H,3,12H2,1-2H3,(H2,20,21,22). The van der Waals surface area contributed by atoms with E-state index in [0.29, 0.717) is 11.6 Å². The maximum atomic E-state index is 12.1. The average Bonchev–Trinajstić information content (AvgIpc) is 2.59. The molecule has 1 unspecified atom stereocenters. The summed E-state index contributed by atoms with van der Waals surface area (Å²) in [5.41, 5.74) is 2.05. The lowest BCUT2D eigenvalue weighted by Crippen LogP contribution is -2.37. The van der Waals surface area contributed by atoms with E-state index in [1.165, 1.54) is 0 Å². The normalized spacial score (nSPS) is 11.6. The minimum absolute atomic E-state index is 0.0388. The van der Waals surface area contributed by atoms with Crippen molar-refractivity contribution < 1.29 is 9.53 Å². The van der Waals surface area contributed by atoms with Crippen LogP contribution in [0.3, 0.4) is 0 Å². The summed E-state index contributed by atoms with van der Waals surface area (Å²) in [6.07, 6.45) is 0.803. The molecule has 0 aliphatic heterocycles. The van der Waals surface area contributed by atoms with Gasteiger partial charge >= 0.3 is 6.03 Å². The summed E-state index contributed by atoms with van der Waals surface area (Å²) in [6.45, 7) is 2.50. The Morgan fingerprint density at radius 3 is 2.35 bits per heavy atom. The molecule has 0 heterocycles. The Morgan fingerprint density at radius 2 is 1.78 bits per heavy atom. The third-order valence-corrected chi connectivity index (χ3v) is 3.85. The van der Waals surface area contributed by atoms with Gasteiger partial charge in [0.25, 0.3) is 0 Å². The molecule has 122 valence electrons. The second-order valence-corrected chi connectivity index (χ2v) is 5.62. The largest absolute Gasteiger partial charge is 0.497 e. The van der Waals surface area contributed by atoms with Crippen molar-refractivity contribution in [2.45, 2.75) is 25.9 Å². The van der Waals surface area contributed by atoms with E-state index >= 15 is 0 Å². The number of benzene rings is 2. The van der Waals surface area contributed by atoms with Gasteiger partial charge in [0, 0.05) is 11.6 Å². The van der Waals surface area contributed by atoms with Crippen LogP contribution in [0.25, 0.3) is 0 Å². The summed E-state index contributed by atoms with van der Waals surface area (Å²) >= 11 is 5.90. The predicted molar refractivity (Wildman–Crippen MR) is 92.8 cm³/mol. The Kier molecular flexibility index (Phi) is 6.29. The van der Waals surface area contributed by atoms with Crippen LogP contribution in [0.4, 0.5) is 4.79 Å². The van der Waals surface area contributed by atoms with E-state index in [1.54, 1.807) is 7.11 Å². The minimum Gasteiger partial charge on any atom is -0.497 e. The van der Waals surface area contributed by atoms with E-state index in [1.807, 2.05) is 55.5 Å². The predicted octanol–water partition coefficient (Wildman–Crippen LogP) is 4.30. The molecule has 0 saturated carbocycles. The van der Waals surface area contributed by atoms with Crippen LogP contribution in [-0.4, -0.2) is 13.1 Å². The van der Waals surface area contributed by atoms with Crippen LogP contribution in [0.15, 0.2) is 48.5 Å². The first kappa shape index (κ1) is 17.2. The molecule has 0 aliphatic rings. The molecule has 0 aliphatic carbocycles. The van der Waals surface area contributed by atoms with Crippen LogP contribution >= 0.6 is 11.6 Å². The first-order valence-electron chi connectivity index (χ1n) is 7.55. The molecule has 0 spiro atoms. The second-order valence-electron chi connectivity index (χ2n) is 5.19. The summed E-state index contributed by atoms with van der Waals surface area (Å²) in [5, 5.41) is 6.53. The molecule has 2 rings (SSSR count). The van der Waals surface area contributed by atoms with Crippen molar-refractivity contribution in [2.24, 2.45) is 0 Å². The number of hydrogen-bond acceptors (Lipinski definition) is 2. The van der Waals surface area contributed by atoms with Crippen molar-refractivity contribution in [3.63, 3.8) is 0 Å². The zero-order chi connectivity index (χ0) is 16.7. The Hall–Kier alpha value is -2.20. The SMILES string of the molecule is CCC(NC(=O)NCc1ccc(OC)cc1)c1ccc(Cl)cc1. The summed E-state index contributed by atoms with van der Waals surface area (Å²) < 4.78 is 5.11. The number of methoxy groups -OCH3 is 1. The van der Waals surface area contributed by atoms with E-state index in [4.69, 9.17) is 16.3 Å². The van der Waals surface area contributed by atoms with Gasteiger partial charge in [0.2, 0.25) is 0 Å². The van der Waals surface area contributed by atoms with Gasteiger partial charge in [-0.3, -0.25) is 0 Å². The molecule has 2 aromatic carbocycles. The van der Waals surface area contributed by atoms with Gasteiger partial charge in [0.15, 0.2) is 0 Å². The van der Waals surface area contributed by atoms with Gasteiger partial charge in [-0.15, -0.1) is 0 Å². The number of nitrogens with one attached hydrogen (secondary N) is 2. The Balaban J connectivity index is 1.88. The maximum absolute atomic E-state index is 12.1. The van der Waals surface area contributed by atoms with Crippen LogP contribution in [0.2, 0.25) is 5.02 Å². The molecule has 0 bridgehead atoms. The van der Waals surface area contributed by atoms with E-state index < -0.39 is 0 Å². The fourth-order valence-corrected chi connectivity index (χ4v) is 2.38. The molecule has 4 nitrogen and oxygen atoms in total. The Labute approximate surface area is 141 Å². The molecule has 2 amide bonds. The van der Waals surface area contributed by atoms with E-state index in [-0.39, 0.29) is 12.1 Å². The van der Waals surface area contributed by atoms with Crippen LogP contribution < -0.4 is 15.4 Å². The average molecular weight is 333 g/mol. The highest BCUT2D eigenvalue weighted by Gasteiger charge is 2.12. The summed E-state index contributed by atoms with van der Waals surface area (Å²) in [7, 11) is 1.63. The van der Waals surface area contributed by atoms with E-state index in [2.05, 4.69) is 10.6 Å². The summed E-state index contributed by atoms with van der Waals surface area (Å²) in [6, 6.07) is 14.9. The number of amides is 2. The number of carbonyl (C=O) groups excluding carboxylic acids is 1. The third-order valence-electron chi connectivity index (χ3n) is 3.60. The molecule has 0 saturated heterocycles. The van der Waals surface area contributed by atoms with Crippen LogP contribution in [0.1, 0.15) is 30.5 Å². The molecule has 5 heteroatoms. The lowest BCUT2D eigenvalue weighted by atomic mass is 10.1. The zero-order valence-electron chi connectivity index (χ0n) is 13.3. The fraction of sp³-hybridized carbons (Fsp3) is 0.278. The molecular formula is C18H21ClN2O2. The highest BCUT2D eigenvalue weighted by atomic mass is 35.5. The third kappa shape index (κ3) is 5.18. The number of hydrogen-bond donors (Lipinski definition) is 2. The van der Waals surface area contributed by atoms with Gasteiger partial charge in [-0.2, -0.15) is 0 Å². The molecule has 2 aromatic rings. The zero-order valence-corrected chi connectivity index (χ0v) is 14.1. The molecule has 1 atom stereocenters. The highest BCUT2D eigenvalue weighted by molar-refractivity contribution is 6.30. The number of halogens is 1. The molecule has 23 heavy (non-hydrogen) atoms. The minimum atomic E-state index is -0.192. The quantitative estimate of drug-likeness (QED) is 0.828. The molecular weight excluding hydrogens is 312 g/mol. The number of rotatable bonds is 6. The topological polar surface area (TPSA) is 50.4 Å². The molecule has 0 radical (unpaired) electrons. The van der Waals surface area contributed by atoms with Crippen molar-refractivity contribution in [1.82, 2.24) is 10.6 Å². The molecule has 0 aromatic heterocycles. The number of ether oxygens (including phenoxy) is 1. The van der Waals surface area contributed by atoms with Gasteiger partial charge in [0.1, 0.15) is 5.75 Å². The number of carbonyl (C=O) groups is 1. The smallest absolute Gasteiger partial charge is 0.315 e. The maximum Gasteiger partial charge on any atom is 0.315 e. The lowest BCUT2D eigenvalue weighted by molar-refractivity contribution is 0.236. The van der Waals surface area contributed by atoms with E-state index in [0.717, 1.165) is 23.3 Å². The molecule has 2 N–H and O–H groups in total. The van der Waals surface area contributed by atoms with Crippen molar-refractivity contribution in [3.8, 4) is 5.75 Å². The van der Waals surface area contributed by atoms with Crippen molar-refractivity contribution in [2.75, 3.05) is 7.11 Å². The molecule has 0 fully saturated rings. The van der Waals surface area contributed by atoms with Gasteiger partial charge in [-0.1, -0.05) is 42.8 Å². The monoisotopic (exact) mass is 332 g/mol. The summed E-state index contributed by atoms with van der Waals surface area (Å²) in [4.78, 5) is 12.1. The number of urea groups is 1. The first-order valence-corrected chi connectivity index (χ1v) is 7.93. The fourth-order valence-electron chi connectivity index (χ4n) is 2.25. The van der Waals surface area contributed by atoms with Crippen LogP contribution in [0, 0.1) is 0 Å². The van der Waals surface area contributed by atoms with Crippen molar-refractivity contribution in [1.29, 1.82) is 0 Å². The summed E-state index contributed by atoms with van der Waals surface area (Å²) in [5.74, 6) is 0.798.